The van der Waals surface area contributed by atoms with Crippen molar-refractivity contribution in [1.82, 2.24) is 15.5 Å². The number of rotatable bonds is 2. The van der Waals surface area contributed by atoms with Crippen LogP contribution in [-0.2, 0) is 0 Å². The predicted octanol–water partition coefficient (Wildman–Crippen LogP) is 2.30. The molecule has 4 nitrogen and oxygen atoms in total. The Morgan fingerprint density at radius 3 is 3.06 bits per heavy atom. The number of nitrogens with one attached hydrogen (secondary N) is 1. The third kappa shape index (κ3) is 2.06. The van der Waals surface area contributed by atoms with Crippen LogP contribution >= 0.6 is 0 Å². The van der Waals surface area contributed by atoms with E-state index in [4.69, 9.17) is 4.42 Å². The minimum atomic E-state index is -0.304. The lowest BCUT2D eigenvalue weighted by molar-refractivity contribution is 0.437. The normalized spacial score (nSPS) is 19.7. The molecule has 1 aliphatic rings. The Balaban J connectivity index is 1.89. The van der Waals surface area contributed by atoms with E-state index in [1.807, 2.05) is 0 Å². The largest absolute Gasteiger partial charge is 0.419 e. The van der Waals surface area contributed by atoms with Gasteiger partial charge in [-0.3, -0.25) is 0 Å². The first-order valence-corrected chi connectivity index (χ1v) is 5.65. The summed E-state index contributed by atoms with van der Waals surface area (Å²) >= 11 is 0. The van der Waals surface area contributed by atoms with Crippen molar-refractivity contribution in [3.63, 3.8) is 0 Å². The first-order valence-electron chi connectivity index (χ1n) is 5.65. The van der Waals surface area contributed by atoms with Crippen molar-refractivity contribution in [2.24, 2.45) is 0 Å². The Morgan fingerprint density at radius 1 is 1.35 bits per heavy atom. The molecule has 0 radical (unpaired) electrons. The van der Waals surface area contributed by atoms with Gasteiger partial charge < -0.3 is 9.73 Å². The first-order chi connectivity index (χ1) is 8.33. The summed E-state index contributed by atoms with van der Waals surface area (Å²) in [4.78, 5) is 0. The summed E-state index contributed by atoms with van der Waals surface area (Å²) in [5, 5.41) is 11.2. The maximum atomic E-state index is 13.1. The van der Waals surface area contributed by atoms with Crippen molar-refractivity contribution < 1.29 is 8.81 Å². The standard InChI is InChI=1S/C12H12FN3O/c13-9-4-1-3-8(7-9)11-15-16-12(17-11)10-5-2-6-14-10/h1,3-4,7,10,14H,2,5-6H2. The quantitative estimate of drug-likeness (QED) is 0.864. The smallest absolute Gasteiger partial charge is 0.247 e. The van der Waals surface area contributed by atoms with Gasteiger partial charge in [-0.25, -0.2) is 4.39 Å². The number of halogens is 1. The predicted molar refractivity (Wildman–Crippen MR) is 59.7 cm³/mol. The van der Waals surface area contributed by atoms with Crippen LogP contribution in [0.15, 0.2) is 28.7 Å². The van der Waals surface area contributed by atoms with Gasteiger partial charge in [-0.2, -0.15) is 0 Å². The third-order valence-corrected chi connectivity index (χ3v) is 2.87. The highest BCUT2D eigenvalue weighted by Gasteiger charge is 2.22. The van der Waals surface area contributed by atoms with Crippen LogP contribution in [0.25, 0.3) is 11.5 Å². The molecule has 0 saturated carbocycles. The summed E-state index contributed by atoms with van der Waals surface area (Å²) in [7, 11) is 0. The van der Waals surface area contributed by atoms with E-state index in [-0.39, 0.29) is 11.9 Å². The molecule has 1 atom stereocenters. The average Bonchev–Trinajstić information content (AvgIpc) is 3.00. The SMILES string of the molecule is Fc1cccc(-c2nnc(C3CCCN3)o2)c1. The van der Waals surface area contributed by atoms with Gasteiger partial charge in [0.25, 0.3) is 0 Å². The molecule has 1 aromatic carbocycles. The van der Waals surface area contributed by atoms with Gasteiger partial charge in [-0.1, -0.05) is 6.07 Å². The molecule has 1 unspecified atom stereocenters. The van der Waals surface area contributed by atoms with Crippen LogP contribution in [-0.4, -0.2) is 16.7 Å². The van der Waals surface area contributed by atoms with Gasteiger partial charge in [-0.05, 0) is 37.6 Å². The van der Waals surface area contributed by atoms with Gasteiger partial charge in [0.2, 0.25) is 11.8 Å². The summed E-state index contributed by atoms with van der Waals surface area (Å²) in [6.45, 7) is 0.975. The lowest BCUT2D eigenvalue weighted by atomic mass is 10.2. The lowest BCUT2D eigenvalue weighted by Crippen LogP contribution is -2.12. The molecule has 1 fully saturated rings. The van der Waals surface area contributed by atoms with Crippen LogP contribution in [0.1, 0.15) is 24.8 Å². The molecule has 1 N–H and O–H groups in total. The fourth-order valence-electron chi connectivity index (χ4n) is 2.01. The van der Waals surface area contributed by atoms with E-state index in [0.29, 0.717) is 17.3 Å². The lowest BCUT2D eigenvalue weighted by Gasteiger charge is -2.02. The Labute approximate surface area is 97.9 Å². The molecule has 88 valence electrons. The molecule has 2 heterocycles. The van der Waals surface area contributed by atoms with Crippen molar-refractivity contribution in [3.05, 3.63) is 36.0 Å². The molecule has 0 amide bonds. The summed E-state index contributed by atoms with van der Waals surface area (Å²) in [6, 6.07) is 6.30. The van der Waals surface area contributed by atoms with E-state index in [1.54, 1.807) is 12.1 Å². The average molecular weight is 233 g/mol. The number of hydrogen-bond donors (Lipinski definition) is 1. The molecule has 3 rings (SSSR count). The van der Waals surface area contributed by atoms with Gasteiger partial charge in [0.1, 0.15) is 5.82 Å². The van der Waals surface area contributed by atoms with Crippen molar-refractivity contribution >= 4 is 0 Å². The van der Waals surface area contributed by atoms with Gasteiger partial charge in [0.05, 0.1) is 6.04 Å². The molecule has 1 saturated heterocycles. The summed E-state index contributed by atoms with van der Waals surface area (Å²) in [5.41, 5.74) is 0.613. The van der Waals surface area contributed by atoms with Crippen molar-refractivity contribution in [2.45, 2.75) is 18.9 Å². The number of nitrogens with zero attached hydrogens (tertiary/aromatic N) is 2. The van der Waals surface area contributed by atoms with E-state index in [0.717, 1.165) is 19.4 Å². The molecule has 0 bridgehead atoms. The Bertz CT molecular complexity index is 520. The highest BCUT2D eigenvalue weighted by molar-refractivity contribution is 5.52. The summed E-state index contributed by atoms with van der Waals surface area (Å²) in [5.74, 6) is 0.649. The maximum absolute atomic E-state index is 13.1. The van der Waals surface area contributed by atoms with Crippen LogP contribution < -0.4 is 5.32 Å². The maximum Gasteiger partial charge on any atom is 0.247 e. The van der Waals surface area contributed by atoms with Gasteiger partial charge in [-0.15, -0.1) is 10.2 Å². The van der Waals surface area contributed by atoms with E-state index >= 15 is 0 Å². The summed E-state index contributed by atoms with van der Waals surface area (Å²) in [6.07, 6.45) is 2.12. The zero-order chi connectivity index (χ0) is 11.7. The second-order valence-corrected chi connectivity index (χ2v) is 4.10. The van der Waals surface area contributed by atoms with Gasteiger partial charge >= 0.3 is 0 Å². The van der Waals surface area contributed by atoms with E-state index < -0.39 is 0 Å². The molecule has 5 heteroatoms. The molecule has 1 aliphatic heterocycles. The minimum absolute atomic E-state index is 0.143. The topological polar surface area (TPSA) is 51.0 Å². The number of hydrogen-bond acceptors (Lipinski definition) is 4. The number of benzene rings is 1. The van der Waals surface area contributed by atoms with E-state index in [1.165, 1.54) is 12.1 Å². The van der Waals surface area contributed by atoms with Gasteiger partial charge in [0.15, 0.2) is 0 Å². The minimum Gasteiger partial charge on any atom is -0.419 e. The second kappa shape index (κ2) is 4.25. The van der Waals surface area contributed by atoms with E-state index in [2.05, 4.69) is 15.5 Å². The molecule has 0 spiro atoms. The highest BCUT2D eigenvalue weighted by Crippen LogP contribution is 2.25. The van der Waals surface area contributed by atoms with Crippen LogP contribution in [0.2, 0.25) is 0 Å². The van der Waals surface area contributed by atoms with Gasteiger partial charge in [0, 0.05) is 5.56 Å². The highest BCUT2D eigenvalue weighted by atomic mass is 19.1. The molecular weight excluding hydrogens is 221 g/mol. The molecule has 1 aromatic heterocycles. The Morgan fingerprint density at radius 2 is 2.29 bits per heavy atom. The zero-order valence-corrected chi connectivity index (χ0v) is 9.19. The van der Waals surface area contributed by atoms with Crippen LogP contribution in [0.5, 0.6) is 0 Å². The molecule has 2 aromatic rings. The fraction of sp³-hybridized carbons (Fsp3) is 0.333. The number of aromatic nitrogens is 2. The van der Waals surface area contributed by atoms with Crippen LogP contribution in [0.4, 0.5) is 4.39 Å². The monoisotopic (exact) mass is 233 g/mol. The summed E-state index contributed by atoms with van der Waals surface area (Å²) < 4.78 is 18.6. The van der Waals surface area contributed by atoms with Crippen molar-refractivity contribution in [2.75, 3.05) is 6.54 Å². The van der Waals surface area contributed by atoms with Crippen LogP contribution in [0, 0.1) is 5.82 Å². The second-order valence-electron chi connectivity index (χ2n) is 4.10. The Hall–Kier alpha value is -1.75. The van der Waals surface area contributed by atoms with Crippen molar-refractivity contribution in [1.29, 1.82) is 0 Å². The van der Waals surface area contributed by atoms with Crippen LogP contribution in [0.3, 0.4) is 0 Å². The van der Waals surface area contributed by atoms with Crippen molar-refractivity contribution in [3.8, 4) is 11.5 Å². The fourth-order valence-corrected chi connectivity index (χ4v) is 2.01. The molecule has 0 aliphatic carbocycles. The molecule has 17 heavy (non-hydrogen) atoms. The Kier molecular flexibility index (Phi) is 2.60. The van der Waals surface area contributed by atoms with E-state index in [9.17, 15) is 4.39 Å². The first kappa shape index (κ1) is 10.4. The third-order valence-electron chi connectivity index (χ3n) is 2.87. The zero-order valence-electron chi connectivity index (χ0n) is 9.19. The molecular formula is C12H12FN3O.